The van der Waals surface area contributed by atoms with E-state index in [0.717, 1.165) is 93.8 Å². The number of nitrogens with two attached hydrogens (primary N) is 1. The van der Waals surface area contributed by atoms with E-state index < -0.39 is 0 Å². The summed E-state index contributed by atoms with van der Waals surface area (Å²) >= 11 is 0. The second-order valence-electron chi connectivity index (χ2n) is 21.0. The zero-order valence-corrected chi connectivity index (χ0v) is 43.3. The summed E-state index contributed by atoms with van der Waals surface area (Å²) in [6.45, 7) is 2.99. The second-order valence-corrected chi connectivity index (χ2v) is 21.0. The van der Waals surface area contributed by atoms with Crippen molar-refractivity contribution in [1.29, 1.82) is 0 Å². The van der Waals surface area contributed by atoms with Crippen molar-refractivity contribution >= 4 is 43.6 Å². The highest BCUT2D eigenvalue weighted by molar-refractivity contribution is 6.10. The minimum absolute atomic E-state index is 0.0970. The number of aromatic nitrogens is 3. The van der Waals surface area contributed by atoms with Gasteiger partial charge in [0.15, 0.2) is 0 Å². The maximum atomic E-state index is 6.32. The number of hydrogen-bond donors (Lipinski definition) is 1. The first kappa shape index (κ1) is 46.4. The van der Waals surface area contributed by atoms with Crippen LogP contribution in [0.25, 0.3) is 122 Å². The Morgan fingerprint density at radius 2 is 0.766 bits per heavy atom. The highest BCUT2D eigenvalue weighted by atomic mass is 15.0. The van der Waals surface area contributed by atoms with Crippen LogP contribution in [0.4, 0.5) is 0 Å². The Hall–Kier alpha value is -9.09. The van der Waals surface area contributed by atoms with Gasteiger partial charge >= 0.3 is 0 Å². The number of unbranched alkanes of at least 4 members (excludes halogenated alkanes) is 1. The molecule has 0 saturated heterocycles. The molecule has 0 radical (unpaired) electrons. The van der Waals surface area contributed by atoms with Crippen molar-refractivity contribution in [2.75, 3.05) is 6.54 Å². The summed E-state index contributed by atoms with van der Waals surface area (Å²) in [6, 6.07) is 91.7. The molecule has 1 aliphatic rings. The predicted octanol–water partition coefficient (Wildman–Crippen LogP) is 18.8. The molecule has 0 fully saturated rings. The summed E-state index contributed by atoms with van der Waals surface area (Å²) in [5, 5.41) is 5.02. The monoisotopic (exact) mass is 990 g/mol. The Kier molecular flexibility index (Phi) is 11.6. The lowest BCUT2D eigenvalue weighted by Gasteiger charge is -2.33. The van der Waals surface area contributed by atoms with E-state index in [-0.39, 0.29) is 5.41 Å². The van der Waals surface area contributed by atoms with E-state index in [9.17, 15) is 0 Å². The van der Waals surface area contributed by atoms with Gasteiger partial charge in [-0.3, -0.25) is 0 Å². The van der Waals surface area contributed by atoms with E-state index in [1.54, 1.807) is 0 Å². The van der Waals surface area contributed by atoms with E-state index in [1.807, 2.05) is 0 Å². The Morgan fingerprint density at radius 1 is 0.351 bits per heavy atom. The predicted molar refractivity (Wildman–Crippen MR) is 324 cm³/mol. The molecule has 14 rings (SSSR count). The maximum absolute atomic E-state index is 6.32. The van der Waals surface area contributed by atoms with E-state index >= 15 is 0 Å². The van der Waals surface area contributed by atoms with Crippen molar-refractivity contribution in [3.8, 4) is 78.4 Å². The van der Waals surface area contributed by atoms with E-state index in [1.165, 1.54) is 71.4 Å². The first-order chi connectivity index (χ1) is 38.1. The van der Waals surface area contributed by atoms with Crippen molar-refractivity contribution in [3.05, 3.63) is 260 Å². The van der Waals surface area contributed by atoms with Crippen LogP contribution in [0.2, 0.25) is 0 Å². The van der Waals surface area contributed by atoms with Gasteiger partial charge in [-0.05, 0) is 160 Å². The number of rotatable bonds is 13. The highest BCUT2D eigenvalue weighted by Crippen LogP contribution is 2.55. The van der Waals surface area contributed by atoms with E-state index in [2.05, 4.69) is 265 Å². The summed E-state index contributed by atoms with van der Waals surface area (Å²) in [4.78, 5) is 5.61. The molecule has 3 aromatic heterocycles. The maximum Gasteiger partial charge on any atom is 0.0715 e. The average molecular weight is 991 g/mol. The zero-order chi connectivity index (χ0) is 51.5. The molecule has 77 heavy (non-hydrogen) atoms. The van der Waals surface area contributed by atoms with Crippen LogP contribution in [0.3, 0.4) is 0 Å². The number of para-hydroxylation sites is 4. The van der Waals surface area contributed by atoms with Gasteiger partial charge in [0.25, 0.3) is 0 Å². The number of benzene rings is 10. The fourth-order valence-corrected chi connectivity index (χ4v) is 12.9. The van der Waals surface area contributed by atoms with Gasteiger partial charge in [0.1, 0.15) is 0 Å². The standard InChI is InChI=1S/C73H58N4/c1-2-3-39-73(40-18-41-74)65-32-9-4-27-59(65)60-38-37-53(46-66(60)73)56-47-67(54-23-14-19-49(42-54)51-21-16-25-57(44-51)76-69-33-10-5-28-61(69)62-29-6-11-34-70(62)76)75-68(48-56)55-24-15-20-50(43-55)52-22-17-26-58(45-52)77-71-35-12-7-30-63(71)64-31-8-13-36-72(64)77/h4-17,19-38,42-48H,2-3,18,39-41,74H2,1H3. The van der Waals surface area contributed by atoms with Gasteiger partial charge in [0.05, 0.1) is 33.5 Å². The molecule has 1 atom stereocenters. The molecule has 1 unspecified atom stereocenters. The molecular weight excluding hydrogens is 933 g/mol. The van der Waals surface area contributed by atoms with Crippen molar-refractivity contribution < 1.29 is 0 Å². The van der Waals surface area contributed by atoms with Gasteiger partial charge < -0.3 is 14.9 Å². The van der Waals surface area contributed by atoms with Crippen LogP contribution in [0, 0.1) is 0 Å². The minimum atomic E-state index is -0.0970. The SMILES string of the molecule is CCCCC1(CCCN)c2ccccc2-c2ccc(-c3cc(-c4cccc(-c5cccc(-n6c7ccccc7c7ccccc76)c5)c4)nc(-c4cccc(-c5cccc(-n6c7ccccc7c7ccccc76)c5)c4)c3)cc21. The molecule has 13 aromatic rings. The largest absolute Gasteiger partial charge is 0.330 e. The van der Waals surface area contributed by atoms with E-state index in [0.29, 0.717) is 6.54 Å². The van der Waals surface area contributed by atoms with Crippen LogP contribution in [0.15, 0.2) is 249 Å². The highest BCUT2D eigenvalue weighted by Gasteiger charge is 2.42. The summed E-state index contributed by atoms with van der Waals surface area (Å²) in [5.41, 5.74) is 29.8. The van der Waals surface area contributed by atoms with Crippen molar-refractivity contribution in [3.63, 3.8) is 0 Å². The summed E-state index contributed by atoms with van der Waals surface area (Å²) in [7, 11) is 0. The smallest absolute Gasteiger partial charge is 0.0715 e. The van der Waals surface area contributed by atoms with Crippen LogP contribution in [0.5, 0.6) is 0 Å². The molecule has 10 aromatic carbocycles. The van der Waals surface area contributed by atoms with Gasteiger partial charge in [-0.1, -0.05) is 190 Å². The normalized spacial score (nSPS) is 13.9. The Morgan fingerprint density at radius 3 is 1.27 bits per heavy atom. The third-order valence-corrected chi connectivity index (χ3v) is 16.5. The first-order valence-electron chi connectivity index (χ1n) is 27.4. The fraction of sp³-hybridized carbons (Fsp3) is 0.110. The molecule has 370 valence electrons. The van der Waals surface area contributed by atoms with Crippen molar-refractivity contribution in [2.45, 2.75) is 44.4 Å². The molecule has 0 saturated carbocycles. The molecular formula is C73H58N4. The van der Waals surface area contributed by atoms with Crippen LogP contribution in [-0.4, -0.2) is 20.7 Å². The lowest BCUT2D eigenvalue weighted by atomic mass is 9.70. The molecule has 0 aliphatic heterocycles. The topological polar surface area (TPSA) is 48.8 Å². The number of fused-ring (bicyclic) bond motifs is 9. The van der Waals surface area contributed by atoms with Gasteiger partial charge in [0, 0.05) is 49.5 Å². The molecule has 4 heteroatoms. The molecule has 4 nitrogen and oxygen atoms in total. The minimum Gasteiger partial charge on any atom is -0.330 e. The number of nitrogens with zero attached hydrogens (tertiary/aromatic N) is 3. The quantitative estimate of drug-likeness (QED) is 0.125. The fourth-order valence-electron chi connectivity index (χ4n) is 12.9. The summed E-state index contributed by atoms with van der Waals surface area (Å²) in [5.74, 6) is 0. The molecule has 3 heterocycles. The summed E-state index contributed by atoms with van der Waals surface area (Å²) in [6.07, 6.45) is 5.40. The Labute approximate surface area is 450 Å². The number of hydrogen-bond acceptors (Lipinski definition) is 2. The molecule has 1 aliphatic carbocycles. The number of pyridine rings is 1. The van der Waals surface area contributed by atoms with Gasteiger partial charge in [-0.15, -0.1) is 0 Å². The zero-order valence-electron chi connectivity index (χ0n) is 43.3. The van der Waals surface area contributed by atoms with Crippen LogP contribution in [0.1, 0.15) is 50.2 Å². The van der Waals surface area contributed by atoms with Crippen LogP contribution >= 0.6 is 0 Å². The Bertz CT molecular complexity index is 4060. The first-order valence-corrected chi connectivity index (χ1v) is 27.4. The van der Waals surface area contributed by atoms with Gasteiger partial charge in [-0.25, -0.2) is 4.98 Å². The molecule has 0 spiro atoms. The second kappa shape index (κ2) is 19.2. The lowest BCUT2D eigenvalue weighted by molar-refractivity contribution is 0.419. The van der Waals surface area contributed by atoms with Crippen LogP contribution < -0.4 is 5.73 Å². The molecule has 0 amide bonds. The third-order valence-electron chi connectivity index (χ3n) is 16.5. The summed E-state index contributed by atoms with van der Waals surface area (Å²) < 4.78 is 4.79. The van der Waals surface area contributed by atoms with Crippen molar-refractivity contribution in [1.82, 2.24) is 14.1 Å². The van der Waals surface area contributed by atoms with Gasteiger partial charge in [0.2, 0.25) is 0 Å². The lowest BCUT2D eigenvalue weighted by Crippen LogP contribution is -2.26. The van der Waals surface area contributed by atoms with Crippen LogP contribution in [-0.2, 0) is 5.41 Å². The Balaban J connectivity index is 0.907. The average Bonchev–Trinajstić information content (AvgIpc) is 4.12. The molecule has 0 bridgehead atoms. The van der Waals surface area contributed by atoms with Crippen molar-refractivity contribution in [2.24, 2.45) is 5.73 Å². The van der Waals surface area contributed by atoms with E-state index in [4.69, 9.17) is 10.7 Å². The molecule has 2 N–H and O–H groups in total. The van der Waals surface area contributed by atoms with Gasteiger partial charge in [-0.2, -0.15) is 0 Å². The third kappa shape index (κ3) is 7.90.